The molecule has 2 heterocycles. The number of aromatic nitrogens is 4. The van der Waals surface area contributed by atoms with Crippen LogP contribution in [0.25, 0.3) is 17.0 Å². The van der Waals surface area contributed by atoms with Crippen LogP contribution in [0.5, 0.6) is 0 Å². The lowest BCUT2D eigenvalue weighted by Crippen LogP contribution is -2.31. The Kier molecular flexibility index (Phi) is 3.76. The molecule has 0 aliphatic rings. The van der Waals surface area contributed by atoms with Gasteiger partial charge in [-0.15, -0.1) is 10.2 Å². The number of carboxylic acid groups (broad SMARTS) is 1. The monoisotopic (exact) mass is 317 g/mol. The smallest absolute Gasteiger partial charge is 0.185 e. The van der Waals surface area contributed by atoms with Gasteiger partial charge in [0.25, 0.3) is 0 Å². The molecule has 0 saturated heterocycles. The zero-order valence-electron chi connectivity index (χ0n) is 11.4. The lowest BCUT2D eigenvalue weighted by molar-refractivity contribution is -0.304. The first-order chi connectivity index (χ1) is 10.5. The molecule has 22 heavy (non-hydrogen) atoms. The maximum absolute atomic E-state index is 13.0. The van der Waals surface area contributed by atoms with Crippen LogP contribution in [0.4, 0.5) is 4.39 Å². The van der Waals surface area contributed by atoms with E-state index >= 15 is 0 Å². The first-order valence-electron chi connectivity index (χ1n) is 6.40. The number of benzene rings is 1. The molecular weight excluding hydrogens is 307 g/mol. The molecule has 2 aromatic heterocycles. The normalized spacial score (nSPS) is 12.5. The van der Waals surface area contributed by atoms with E-state index in [-0.39, 0.29) is 5.82 Å². The Morgan fingerprint density at radius 3 is 2.64 bits per heavy atom. The number of aliphatic carboxylic acids is 1. The maximum Gasteiger partial charge on any atom is 0.185 e. The molecule has 0 bridgehead atoms. The van der Waals surface area contributed by atoms with E-state index in [0.717, 1.165) is 11.8 Å². The standard InChI is InChI=1S/C14H11FN4O2S/c1-8(14(20)21)22-12-7-6-11-16-17-13(19(11)18-12)9-2-4-10(15)5-3-9/h2-8H,1H3,(H,20,21)/p-1/t8-/m0/s1. The fourth-order valence-electron chi connectivity index (χ4n) is 1.84. The van der Waals surface area contributed by atoms with Crippen molar-refractivity contribution in [2.75, 3.05) is 0 Å². The van der Waals surface area contributed by atoms with Gasteiger partial charge < -0.3 is 9.90 Å². The summed E-state index contributed by atoms with van der Waals surface area (Å²) in [6.07, 6.45) is 0. The lowest BCUT2D eigenvalue weighted by atomic mass is 10.2. The maximum atomic E-state index is 13.0. The van der Waals surface area contributed by atoms with Gasteiger partial charge in [0.15, 0.2) is 11.5 Å². The van der Waals surface area contributed by atoms with Gasteiger partial charge in [-0.2, -0.15) is 9.61 Å². The number of carboxylic acids is 1. The molecule has 0 amide bonds. The average molecular weight is 317 g/mol. The van der Waals surface area contributed by atoms with Crippen LogP contribution < -0.4 is 5.11 Å². The highest BCUT2D eigenvalue weighted by Gasteiger charge is 2.12. The highest BCUT2D eigenvalue weighted by molar-refractivity contribution is 8.00. The molecule has 0 radical (unpaired) electrons. The predicted octanol–water partition coefficient (Wildman–Crippen LogP) is 1.16. The zero-order valence-corrected chi connectivity index (χ0v) is 12.2. The number of nitrogens with zero attached hydrogens (tertiary/aromatic N) is 4. The van der Waals surface area contributed by atoms with Gasteiger partial charge in [0.1, 0.15) is 10.8 Å². The number of halogens is 1. The average Bonchev–Trinajstić information content (AvgIpc) is 2.91. The van der Waals surface area contributed by atoms with Crippen molar-refractivity contribution in [1.82, 2.24) is 19.8 Å². The van der Waals surface area contributed by atoms with Crippen LogP contribution in [0, 0.1) is 5.82 Å². The number of fused-ring (bicyclic) bond motifs is 1. The van der Waals surface area contributed by atoms with Crippen molar-refractivity contribution in [3.8, 4) is 11.4 Å². The molecule has 8 heteroatoms. The number of thioether (sulfide) groups is 1. The van der Waals surface area contributed by atoms with Gasteiger partial charge in [0.05, 0.1) is 5.97 Å². The molecule has 0 spiro atoms. The number of hydrogen-bond acceptors (Lipinski definition) is 6. The summed E-state index contributed by atoms with van der Waals surface area (Å²) in [6, 6.07) is 9.18. The summed E-state index contributed by atoms with van der Waals surface area (Å²) < 4.78 is 14.5. The van der Waals surface area contributed by atoms with Gasteiger partial charge in [-0.1, -0.05) is 11.8 Å². The highest BCUT2D eigenvalue weighted by Crippen LogP contribution is 2.23. The van der Waals surface area contributed by atoms with Crippen LogP contribution in [0.15, 0.2) is 41.4 Å². The van der Waals surface area contributed by atoms with Crippen LogP contribution in [-0.4, -0.2) is 31.0 Å². The van der Waals surface area contributed by atoms with Gasteiger partial charge in [0.2, 0.25) is 0 Å². The number of hydrogen-bond donors (Lipinski definition) is 0. The van der Waals surface area contributed by atoms with E-state index in [4.69, 9.17) is 0 Å². The van der Waals surface area contributed by atoms with Crippen molar-refractivity contribution in [3.05, 3.63) is 42.2 Å². The molecule has 0 unspecified atom stereocenters. The first kappa shape index (κ1) is 14.5. The van der Waals surface area contributed by atoms with E-state index < -0.39 is 11.2 Å². The summed E-state index contributed by atoms with van der Waals surface area (Å²) in [7, 11) is 0. The number of rotatable bonds is 4. The van der Waals surface area contributed by atoms with Crippen LogP contribution in [0.2, 0.25) is 0 Å². The number of carbonyl (C=O) groups is 1. The molecule has 0 aliphatic heterocycles. The topological polar surface area (TPSA) is 83.2 Å². The van der Waals surface area contributed by atoms with Crippen molar-refractivity contribution < 1.29 is 14.3 Å². The summed E-state index contributed by atoms with van der Waals surface area (Å²) >= 11 is 1.07. The van der Waals surface area contributed by atoms with Crippen LogP contribution in [0.3, 0.4) is 0 Å². The minimum atomic E-state index is -1.16. The Balaban J connectivity index is 2.01. The first-order valence-corrected chi connectivity index (χ1v) is 7.28. The quantitative estimate of drug-likeness (QED) is 0.672. The largest absolute Gasteiger partial charge is 0.549 e. The van der Waals surface area contributed by atoms with Crippen LogP contribution >= 0.6 is 11.8 Å². The molecule has 0 saturated carbocycles. The fourth-order valence-corrected chi connectivity index (χ4v) is 2.58. The van der Waals surface area contributed by atoms with Crippen LogP contribution in [0.1, 0.15) is 6.92 Å². The van der Waals surface area contributed by atoms with E-state index in [1.54, 1.807) is 24.3 Å². The van der Waals surface area contributed by atoms with Gasteiger partial charge in [0, 0.05) is 10.8 Å². The summed E-state index contributed by atoms with van der Waals surface area (Å²) in [5.74, 6) is -1.04. The van der Waals surface area contributed by atoms with E-state index in [1.807, 2.05) is 0 Å². The van der Waals surface area contributed by atoms with Crippen LogP contribution in [-0.2, 0) is 4.79 Å². The van der Waals surface area contributed by atoms with Gasteiger partial charge in [-0.25, -0.2) is 4.39 Å². The second-order valence-electron chi connectivity index (χ2n) is 4.55. The summed E-state index contributed by atoms with van der Waals surface area (Å²) in [6.45, 7) is 1.53. The van der Waals surface area contributed by atoms with Crippen molar-refractivity contribution in [2.45, 2.75) is 17.2 Å². The van der Waals surface area contributed by atoms with Gasteiger partial charge >= 0.3 is 0 Å². The molecule has 3 rings (SSSR count). The molecule has 3 aromatic rings. The second kappa shape index (κ2) is 5.72. The third-order valence-electron chi connectivity index (χ3n) is 2.97. The van der Waals surface area contributed by atoms with E-state index in [0.29, 0.717) is 22.1 Å². The Bertz CT molecular complexity index is 834. The van der Waals surface area contributed by atoms with E-state index in [2.05, 4.69) is 15.3 Å². The highest BCUT2D eigenvalue weighted by atomic mass is 32.2. The summed E-state index contributed by atoms with van der Waals surface area (Å²) in [4.78, 5) is 10.8. The third-order valence-corrected chi connectivity index (χ3v) is 3.98. The molecule has 112 valence electrons. The third kappa shape index (κ3) is 2.77. The number of carbonyl (C=O) groups excluding carboxylic acids is 1. The SMILES string of the molecule is C[C@H](Sc1ccc2nnc(-c3ccc(F)cc3)n2n1)C(=O)[O-]. The summed E-state index contributed by atoms with van der Waals surface area (Å²) in [5, 5.41) is 22.9. The lowest BCUT2D eigenvalue weighted by Gasteiger charge is -2.11. The Labute approximate surface area is 129 Å². The molecule has 0 N–H and O–H groups in total. The van der Waals surface area contributed by atoms with Gasteiger partial charge in [-0.05, 0) is 43.3 Å². The molecule has 1 atom stereocenters. The molecule has 6 nitrogen and oxygen atoms in total. The zero-order chi connectivity index (χ0) is 15.7. The second-order valence-corrected chi connectivity index (χ2v) is 5.91. The molecule has 0 aliphatic carbocycles. The fraction of sp³-hybridized carbons (Fsp3) is 0.143. The predicted molar refractivity (Wildman–Crippen MR) is 76.5 cm³/mol. The minimum absolute atomic E-state index is 0.343. The van der Waals surface area contributed by atoms with Crippen molar-refractivity contribution >= 4 is 23.4 Å². The summed E-state index contributed by atoms with van der Waals surface area (Å²) in [5.41, 5.74) is 1.18. The Hall–Kier alpha value is -2.48. The van der Waals surface area contributed by atoms with Crippen molar-refractivity contribution in [1.29, 1.82) is 0 Å². The van der Waals surface area contributed by atoms with Gasteiger partial charge in [-0.3, -0.25) is 0 Å². The Morgan fingerprint density at radius 2 is 1.95 bits per heavy atom. The minimum Gasteiger partial charge on any atom is -0.549 e. The molecule has 0 fully saturated rings. The van der Waals surface area contributed by atoms with E-state index in [1.165, 1.54) is 23.6 Å². The molecular formula is C14H10FN4O2S-. The molecule has 1 aromatic carbocycles. The van der Waals surface area contributed by atoms with E-state index in [9.17, 15) is 14.3 Å². The van der Waals surface area contributed by atoms with Crippen molar-refractivity contribution in [2.24, 2.45) is 0 Å². The Morgan fingerprint density at radius 1 is 1.23 bits per heavy atom. The van der Waals surface area contributed by atoms with Crippen molar-refractivity contribution in [3.63, 3.8) is 0 Å².